The van der Waals surface area contributed by atoms with E-state index in [0.29, 0.717) is 13.2 Å². The summed E-state index contributed by atoms with van der Waals surface area (Å²) in [6.07, 6.45) is 1.70. The molecule has 1 saturated carbocycles. The molecule has 3 atom stereocenters. The molecule has 0 aromatic rings. The summed E-state index contributed by atoms with van der Waals surface area (Å²) >= 11 is 0. The second-order valence-electron chi connectivity index (χ2n) is 5.86. The maximum absolute atomic E-state index is 12.3. The molecule has 1 aliphatic heterocycles. The van der Waals surface area contributed by atoms with Gasteiger partial charge in [-0.25, -0.2) is 9.59 Å². The molecule has 2 fully saturated rings. The van der Waals surface area contributed by atoms with Crippen molar-refractivity contribution >= 4 is 12.0 Å². The number of morpholine rings is 1. The van der Waals surface area contributed by atoms with E-state index in [4.69, 9.17) is 4.74 Å². The quantitative estimate of drug-likeness (QED) is 0.803. The molecule has 2 N–H and O–H groups in total. The Morgan fingerprint density at radius 1 is 1.37 bits per heavy atom. The van der Waals surface area contributed by atoms with Crippen LogP contribution >= 0.6 is 0 Å². The Kier molecular flexibility index (Phi) is 3.71. The number of rotatable bonds is 3. The normalized spacial score (nSPS) is 30.6. The number of ether oxygens (including phenoxy) is 1. The summed E-state index contributed by atoms with van der Waals surface area (Å²) in [6.45, 7) is 6.39. The standard InChI is InChI=1S/C13H22N2O4/c1-8-7-19-9(2)6-15(8)12(18)14-13(3,11(16)17)10-4-5-10/h8-10H,4-7H2,1-3H3,(H,14,18)(H,16,17). The average Bonchev–Trinajstić information content (AvgIpc) is 3.16. The number of carbonyl (C=O) groups is 2. The number of nitrogens with one attached hydrogen (secondary N) is 1. The van der Waals surface area contributed by atoms with E-state index in [2.05, 4.69) is 5.32 Å². The summed E-state index contributed by atoms with van der Waals surface area (Å²) in [4.78, 5) is 25.4. The van der Waals surface area contributed by atoms with Crippen molar-refractivity contribution in [2.45, 2.75) is 51.3 Å². The van der Waals surface area contributed by atoms with Gasteiger partial charge in [0.25, 0.3) is 0 Å². The molecule has 0 aromatic carbocycles. The highest BCUT2D eigenvalue weighted by atomic mass is 16.5. The first-order valence-electron chi connectivity index (χ1n) is 6.78. The summed E-state index contributed by atoms with van der Waals surface area (Å²) in [5.41, 5.74) is -1.15. The molecule has 108 valence electrons. The zero-order valence-electron chi connectivity index (χ0n) is 11.7. The minimum absolute atomic E-state index is 0.0149. The van der Waals surface area contributed by atoms with Crippen LogP contribution in [-0.4, -0.2) is 52.8 Å². The molecule has 2 amide bonds. The van der Waals surface area contributed by atoms with Gasteiger partial charge in [-0.1, -0.05) is 0 Å². The van der Waals surface area contributed by atoms with Crippen LogP contribution in [0.1, 0.15) is 33.6 Å². The van der Waals surface area contributed by atoms with E-state index < -0.39 is 11.5 Å². The predicted molar refractivity (Wildman–Crippen MR) is 68.9 cm³/mol. The third kappa shape index (κ3) is 2.83. The van der Waals surface area contributed by atoms with Gasteiger partial charge >= 0.3 is 12.0 Å². The lowest BCUT2D eigenvalue weighted by Crippen LogP contribution is -2.61. The highest BCUT2D eigenvalue weighted by molar-refractivity contribution is 5.86. The summed E-state index contributed by atoms with van der Waals surface area (Å²) < 4.78 is 5.47. The van der Waals surface area contributed by atoms with Crippen LogP contribution in [0.15, 0.2) is 0 Å². The summed E-state index contributed by atoms with van der Waals surface area (Å²) in [5, 5.41) is 12.1. The van der Waals surface area contributed by atoms with Crippen LogP contribution < -0.4 is 5.32 Å². The SMILES string of the molecule is CC1CN(C(=O)NC(C)(C(=O)O)C2CC2)C(C)CO1. The van der Waals surface area contributed by atoms with Gasteiger partial charge in [-0.2, -0.15) is 0 Å². The van der Waals surface area contributed by atoms with E-state index in [1.165, 1.54) is 0 Å². The largest absolute Gasteiger partial charge is 0.480 e. The van der Waals surface area contributed by atoms with Crippen molar-refractivity contribution in [3.8, 4) is 0 Å². The van der Waals surface area contributed by atoms with E-state index in [1.807, 2.05) is 13.8 Å². The highest BCUT2D eigenvalue weighted by Crippen LogP contribution is 2.39. The molecule has 2 rings (SSSR count). The Morgan fingerprint density at radius 3 is 2.53 bits per heavy atom. The fourth-order valence-corrected chi connectivity index (χ4v) is 2.47. The Labute approximate surface area is 113 Å². The lowest BCUT2D eigenvalue weighted by Gasteiger charge is -2.39. The molecule has 0 bridgehead atoms. The van der Waals surface area contributed by atoms with E-state index >= 15 is 0 Å². The predicted octanol–water partition coefficient (Wildman–Crippen LogP) is 1.06. The van der Waals surface area contributed by atoms with Crippen LogP contribution in [0.3, 0.4) is 0 Å². The minimum atomic E-state index is -1.15. The topological polar surface area (TPSA) is 78.9 Å². The molecule has 0 radical (unpaired) electrons. The van der Waals surface area contributed by atoms with Gasteiger partial charge < -0.3 is 20.1 Å². The molecule has 0 spiro atoms. The smallest absolute Gasteiger partial charge is 0.329 e. The van der Waals surface area contributed by atoms with Crippen LogP contribution in [0, 0.1) is 5.92 Å². The molecular weight excluding hydrogens is 248 g/mol. The first-order chi connectivity index (χ1) is 8.84. The van der Waals surface area contributed by atoms with E-state index in [-0.39, 0.29) is 24.1 Å². The maximum atomic E-state index is 12.3. The fourth-order valence-electron chi connectivity index (χ4n) is 2.47. The second-order valence-corrected chi connectivity index (χ2v) is 5.86. The van der Waals surface area contributed by atoms with E-state index in [9.17, 15) is 14.7 Å². The van der Waals surface area contributed by atoms with E-state index in [0.717, 1.165) is 12.8 Å². The zero-order valence-corrected chi connectivity index (χ0v) is 11.7. The molecule has 6 heteroatoms. The number of nitrogens with zero attached hydrogens (tertiary/aromatic N) is 1. The molecule has 1 aliphatic carbocycles. The fraction of sp³-hybridized carbons (Fsp3) is 0.846. The van der Waals surface area contributed by atoms with Crippen molar-refractivity contribution in [2.24, 2.45) is 5.92 Å². The van der Waals surface area contributed by atoms with Gasteiger partial charge in [-0.15, -0.1) is 0 Å². The van der Waals surface area contributed by atoms with Crippen molar-refractivity contribution in [3.05, 3.63) is 0 Å². The lowest BCUT2D eigenvalue weighted by molar-refractivity contribution is -0.144. The molecule has 19 heavy (non-hydrogen) atoms. The number of amides is 2. The van der Waals surface area contributed by atoms with Gasteiger partial charge in [0.05, 0.1) is 18.8 Å². The maximum Gasteiger partial charge on any atom is 0.329 e. The monoisotopic (exact) mass is 270 g/mol. The Morgan fingerprint density at radius 2 is 2.00 bits per heavy atom. The Hall–Kier alpha value is -1.30. The second kappa shape index (κ2) is 5.00. The van der Waals surface area contributed by atoms with Gasteiger partial charge in [0, 0.05) is 6.54 Å². The summed E-state index contributed by atoms with van der Waals surface area (Å²) in [5.74, 6) is -0.917. The highest BCUT2D eigenvalue weighted by Gasteiger charge is 2.49. The number of aliphatic carboxylic acids is 1. The molecule has 1 heterocycles. The van der Waals surface area contributed by atoms with Gasteiger partial charge in [-0.05, 0) is 39.5 Å². The minimum Gasteiger partial charge on any atom is -0.480 e. The van der Waals surface area contributed by atoms with Gasteiger partial charge in [0.1, 0.15) is 5.54 Å². The van der Waals surface area contributed by atoms with Crippen molar-refractivity contribution in [3.63, 3.8) is 0 Å². The van der Waals surface area contributed by atoms with Crippen molar-refractivity contribution in [1.29, 1.82) is 0 Å². The van der Waals surface area contributed by atoms with Crippen LogP contribution in [0.2, 0.25) is 0 Å². The third-order valence-electron chi connectivity index (χ3n) is 4.07. The molecule has 3 unspecified atom stereocenters. The Bertz CT molecular complexity index is 383. The number of carboxylic acid groups (broad SMARTS) is 1. The van der Waals surface area contributed by atoms with E-state index in [1.54, 1.807) is 11.8 Å². The lowest BCUT2D eigenvalue weighted by atomic mass is 9.96. The van der Waals surface area contributed by atoms with Crippen LogP contribution in [0.4, 0.5) is 4.79 Å². The molecule has 1 saturated heterocycles. The van der Waals surface area contributed by atoms with Crippen molar-refractivity contribution in [1.82, 2.24) is 10.2 Å². The van der Waals surface area contributed by atoms with Gasteiger partial charge in [-0.3, -0.25) is 0 Å². The Balaban J connectivity index is 2.04. The molecule has 2 aliphatic rings. The number of hydrogen-bond acceptors (Lipinski definition) is 3. The summed E-state index contributed by atoms with van der Waals surface area (Å²) in [7, 11) is 0. The first kappa shape index (κ1) is 14.1. The summed E-state index contributed by atoms with van der Waals surface area (Å²) in [6, 6.07) is -0.340. The third-order valence-corrected chi connectivity index (χ3v) is 4.07. The zero-order chi connectivity index (χ0) is 14.2. The number of carboxylic acids is 1. The van der Waals surface area contributed by atoms with Crippen LogP contribution in [-0.2, 0) is 9.53 Å². The first-order valence-corrected chi connectivity index (χ1v) is 6.78. The number of hydrogen-bond donors (Lipinski definition) is 2. The number of urea groups is 1. The van der Waals surface area contributed by atoms with Crippen LogP contribution in [0.5, 0.6) is 0 Å². The molecular formula is C13H22N2O4. The molecule has 0 aromatic heterocycles. The number of carbonyl (C=O) groups excluding carboxylic acids is 1. The van der Waals surface area contributed by atoms with Crippen LogP contribution in [0.25, 0.3) is 0 Å². The van der Waals surface area contributed by atoms with Gasteiger partial charge in [0.15, 0.2) is 0 Å². The van der Waals surface area contributed by atoms with Crippen molar-refractivity contribution in [2.75, 3.05) is 13.2 Å². The van der Waals surface area contributed by atoms with Crippen molar-refractivity contribution < 1.29 is 19.4 Å². The molecule has 6 nitrogen and oxygen atoms in total. The average molecular weight is 270 g/mol. The van der Waals surface area contributed by atoms with Gasteiger partial charge in [0.2, 0.25) is 0 Å².